The normalized spacial score (nSPS) is 21.3. The monoisotopic (exact) mass is 481 g/mol. The number of carbonyl (C=O) groups excluding carboxylic acids is 4. The van der Waals surface area contributed by atoms with Crippen LogP contribution in [0.1, 0.15) is 47.2 Å². The van der Waals surface area contributed by atoms with Crippen LogP contribution in [0.4, 0.5) is 11.4 Å². The third kappa shape index (κ3) is 3.44. The molecule has 1 N–H and O–H groups in total. The number of benzene rings is 2. The molecule has 0 radical (unpaired) electrons. The van der Waals surface area contributed by atoms with Crippen molar-refractivity contribution in [3.63, 3.8) is 0 Å². The van der Waals surface area contributed by atoms with E-state index < -0.39 is 24.1 Å². The fourth-order valence-electron chi connectivity index (χ4n) is 5.01. The Morgan fingerprint density at radius 1 is 1.18 bits per heavy atom. The highest BCUT2D eigenvalue weighted by atomic mass is 35.5. The summed E-state index contributed by atoms with van der Waals surface area (Å²) in [5.74, 6) is -1.90. The van der Waals surface area contributed by atoms with Gasteiger partial charge < -0.3 is 15.0 Å². The number of fused-ring (bicyclic) bond motifs is 3. The van der Waals surface area contributed by atoms with Crippen molar-refractivity contribution >= 4 is 46.7 Å². The van der Waals surface area contributed by atoms with Gasteiger partial charge in [0.25, 0.3) is 11.8 Å². The number of esters is 1. The summed E-state index contributed by atoms with van der Waals surface area (Å²) in [4.78, 5) is 55.5. The van der Waals surface area contributed by atoms with Crippen LogP contribution in [0, 0.1) is 13.8 Å². The van der Waals surface area contributed by atoms with Gasteiger partial charge in [-0.15, -0.1) is 0 Å². The zero-order valence-corrected chi connectivity index (χ0v) is 19.6. The third-order valence-electron chi connectivity index (χ3n) is 6.57. The average Bonchev–Trinajstić information content (AvgIpc) is 3.57. The predicted octanol–water partition coefficient (Wildman–Crippen LogP) is 3.58. The zero-order chi connectivity index (χ0) is 24.2. The van der Waals surface area contributed by atoms with Crippen LogP contribution in [-0.2, 0) is 19.1 Å². The van der Waals surface area contributed by atoms with E-state index in [4.69, 9.17) is 16.3 Å². The van der Waals surface area contributed by atoms with Gasteiger partial charge in [-0.25, -0.2) is 4.79 Å². The number of nitrogens with one attached hydrogen (secondary N) is 1. The summed E-state index contributed by atoms with van der Waals surface area (Å²) in [6, 6.07) is 10.2. The number of nitrogens with zero attached hydrogens (tertiary/aromatic N) is 2. The highest BCUT2D eigenvalue weighted by Crippen LogP contribution is 2.49. The second kappa shape index (κ2) is 8.13. The lowest BCUT2D eigenvalue weighted by atomic mass is 9.96. The van der Waals surface area contributed by atoms with E-state index in [2.05, 4.69) is 5.32 Å². The largest absolute Gasteiger partial charge is 0.452 e. The van der Waals surface area contributed by atoms with Crippen LogP contribution in [0.3, 0.4) is 0 Å². The standard InChI is InChI=1S/C25H24ClN3O5/c1-14-11-15(2)22(18(26)12-14)27-20(30)13-34-24(33)25-10-9-21(31)29(25)19-6-4-3-5-17(19)23(32)28(25)16-7-8-16/h3-6,11-12,16H,7-10,13H2,1-2H3,(H,27,30). The Hall–Kier alpha value is -3.39. The number of ether oxygens (including phenoxy) is 1. The van der Waals surface area contributed by atoms with Crippen LogP contribution in [0.2, 0.25) is 5.02 Å². The summed E-state index contributed by atoms with van der Waals surface area (Å²) in [6.45, 7) is 3.15. The van der Waals surface area contributed by atoms with Gasteiger partial charge in [-0.2, -0.15) is 0 Å². The van der Waals surface area contributed by atoms with Gasteiger partial charge in [-0.3, -0.25) is 19.3 Å². The molecule has 9 heteroatoms. The maximum Gasteiger partial charge on any atom is 0.354 e. The molecule has 3 amide bonds. The number of aryl methyl sites for hydroxylation is 2. The van der Waals surface area contributed by atoms with Gasteiger partial charge in [0, 0.05) is 18.9 Å². The molecule has 176 valence electrons. The molecule has 1 saturated heterocycles. The van der Waals surface area contributed by atoms with Gasteiger partial charge in [0.15, 0.2) is 6.61 Å². The highest BCUT2D eigenvalue weighted by Gasteiger charge is 2.64. The molecule has 1 atom stereocenters. The molecule has 2 aromatic carbocycles. The van der Waals surface area contributed by atoms with Gasteiger partial charge in [0.2, 0.25) is 11.6 Å². The Labute approximate surface area is 201 Å². The van der Waals surface area contributed by atoms with Crippen molar-refractivity contribution in [1.29, 1.82) is 0 Å². The maximum atomic E-state index is 13.6. The Kier molecular flexibility index (Phi) is 5.36. The van der Waals surface area contributed by atoms with Crippen LogP contribution < -0.4 is 10.2 Å². The second-order valence-corrected chi connectivity index (χ2v) is 9.44. The first-order chi connectivity index (χ1) is 16.2. The topological polar surface area (TPSA) is 96.0 Å². The lowest BCUT2D eigenvalue weighted by Gasteiger charge is -2.48. The first-order valence-electron chi connectivity index (χ1n) is 11.2. The van der Waals surface area contributed by atoms with Crippen molar-refractivity contribution in [1.82, 2.24) is 4.90 Å². The number of carbonyl (C=O) groups is 4. The summed E-state index contributed by atoms with van der Waals surface area (Å²) in [7, 11) is 0. The van der Waals surface area contributed by atoms with E-state index in [1.54, 1.807) is 30.3 Å². The molecule has 34 heavy (non-hydrogen) atoms. The molecule has 5 rings (SSSR count). The summed E-state index contributed by atoms with van der Waals surface area (Å²) in [5, 5.41) is 3.08. The molecule has 0 bridgehead atoms. The minimum Gasteiger partial charge on any atom is -0.452 e. The van der Waals surface area contributed by atoms with E-state index in [1.165, 1.54) is 9.80 Å². The average molecular weight is 482 g/mol. The Bertz CT molecular complexity index is 1220. The maximum absolute atomic E-state index is 13.6. The fourth-order valence-corrected chi connectivity index (χ4v) is 5.38. The molecule has 2 aromatic rings. The third-order valence-corrected chi connectivity index (χ3v) is 6.87. The Morgan fingerprint density at radius 2 is 1.91 bits per heavy atom. The SMILES string of the molecule is Cc1cc(C)c(NC(=O)COC(=O)C23CCC(=O)N2c2ccccc2C(=O)N3C2CC2)c(Cl)c1. The number of hydrogen-bond donors (Lipinski definition) is 1. The Morgan fingerprint density at radius 3 is 2.62 bits per heavy atom. The fraction of sp³-hybridized carbons (Fsp3) is 0.360. The van der Waals surface area contributed by atoms with E-state index in [0.717, 1.165) is 24.0 Å². The summed E-state index contributed by atoms with van der Waals surface area (Å²) < 4.78 is 5.46. The van der Waals surface area contributed by atoms with Crippen molar-refractivity contribution in [3.05, 3.63) is 58.1 Å². The minimum atomic E-state index is -1.58. The first kappa shape index (κ1) is 22.4. The molecular weight excluding hydrogens is 458 g/mol. The molecule has 2 aliphatic heterocycles. The van der Waals surface area contributed by atoms with Gasteiger partial charge >= 0.3 is 5.97 Å². The van der Waals surface area contributed by atoms with Gasteiger partial charge in [0.05, 0.1) is 22.0 Å². The van der Waals surface area contributed by atoms with Crippen LogP contribution in [0.15, 0.2) is 36.4 Å². The van der Waals surface area contributed by atoms with Crippen molar-refractivity contribution in [3.8, 4) is 0 Å². The molecule has 1 aliphatic carbocycles. The quantitative estimate of drug-likeness (QED) is 0.658. The number of hydrogen-bond acceptors (Lipinski definition) is 5. The summed E-state index contributed by atoms with van der Waals surface area (Å²) in [6.07, 6.45) is 1.71. The Balaban J connectivity index is 1.42. The van der Waals surface area contributed by atoms with Crippen LogP contribution in [-0.4, -0.2) is 46.9 Å². The predicted molar refractivity (Wildman–Crippen MR) is 126 cm³/mol. The number of halogens is 1. The second-order valence-electron chi connectivity index (χ2n) is 9.03. The van der Waals surface area contributed by atoms with E-state index in [1.807, 2.05) is 19.9 Å². The van der Waals surface area contributed by atoms with Crippen LogP contribution in [0.5, 0.6) is 0 Å². The lowest BCUT2D eigenvalue weighted by Crippen LogP contribution is -2.69. The number of amides is 3. The number of para-hydroxylation sites is 1. The number of anilines is 2. The molecule has 1 saturated carbocycles. The van der Waals surface area contributed by atoms with Gasteiger partial charge in [-0.1, -0.05) is 29.8 Å². The van der Waals surface area contributed by atoms with Crippen molar-refractivity contribution in [2.24, 2.45) is 0 Å². The summed E-state index contributed by atoms with van der Waals surface area (Å²) >= 11 is 6.27. The molecule has 2 heterocycles. The molecule has 0 aromatic heterocycles. The van der Waals surface area contributed by atoms with Crippen molar-refractivity contribution in [2.45, 2.75) is 51.2 Å². The molecule has 8 nitrogen and oxygen atoms in total. The molecular formula is C25H24ClN3O5. The van der Waals surface area contributed by atoms with Crippen molar-refractivity contribution in [2.75, 3.05) is 16.8 Å². The smallest absolute Gasteiger partial charge is 0.354 e. The van der Waals surface area contributed by atoms with E-state index >= 15 is 0 Å². The van der Waals surface area contributed by atoms with Crippen LogP contribution >= 0.6 is 11.6 Å². The van der Waals surface area contributed by atoms with Gasteiger partial charge in [0.1, 0.15) is 0 Å². The minimum absolute atomic E-state index is 0.101. The molecule has 3 aliphatic rings. The van der Waals surface area contributed by atoms with E-state index in [9.17, 15) is 19.2 Å². The van der Waals surface area contributed by atoms with Crippen molar-refractivity contribution < 1.29 is 23.9 Å². The zero-order valence-electron chi connectivity index (χ0n) is 18.9. The lowest BCUT2D eigenvalue weighted by molar-refractivity contribution is -0.159. The van der Waals surface area contributed by atoms with Crippen LogP contribution in [0.25, 0.3) is 0 Å². The summed E-state index contributed by atoms with van der Waals surface area (Å²) in [5.41, 5.74) is 1.39. The first-order valence-corrected chi connectivity index (χ1v) is 11.6. The van der Waals surface area contributed by atoms with E-state index in [-0.39, 0.29) is 30.7 Å². The molecule has 2 fully saturated rings. The molecule has 0 spiro atoms. The number of rotatable bonds is 5. The molecule has 1 unspecified atom stereocenters. The van der Waals surface area contributed by atoms with E-state index in [0.29, 0.717) is 22.0 Å². The highest BCUT2D eigenvalue weighted by molar-refractivity contribution is 6.34. The van der Waals surface area contributed by atoms with Gasteiger partial charge in [-0.05, 0) is 56.0 Å².